The molecule has 88 valence electrons. The number of alkyl halides is 1. The summed E-state index contributed by atoms with van der Waals surface area (Å²) in [5, 5.41) is 0. The van der Waals surface area contributed by atoms with Crippen LogP contribution in [-0.2, 0) is 0 Å². The molecule has 0 aliphatic rings. The molecule has 0 aliphatic heterocycles. The maximum Gasteiger partial charge on any atom is 0.115 e. The van der Waals surface area contributed by atoms with Crippen LogP contribution in [-0.4, -0.2) is 31.2 Å². The monoisotopic (exact) mass is 205 g/mol. The number of rotatable bonds is 5. The van der Waals surface area contributed by atoms with Crippen LogP contribution in [0.2, 0.25) is 0 Å². The van der Waals surface area contributed by atoms with Gasteiger partial charge in [0.05, 0.1) is 0 Å². The molecule has 0 aromatic rings. The van der Waals surface area contributed by atoms with Gasteiger partial charge in [0.1, 0.15) is 6.17 Å². The second-order valence-corrected chi connectivity index (χ2v) is 3.97. The van der Waals surface area contributed by atoms with Crippen LogP contribution in [0.3, 0.4) is 0 Å². The zero-order chi connectivity index (χ0) is 11.7. The van der Waals surface area contributed by atoms with E-state index in [1.807, 2.05) is 39.6 Å². The van der Waals surface area contributed by atoms with E-state index in [4.69, 9.17) is 0 Å². The highest BCUT2D eigenvalue weighted by Crippen LogP contribution is 2.17. The first-order chi connectivity index (χ1) is 6.49. The van der Waals surface area contributed by atoms with Gasteiger partial charge in [-0.2, -0.15) is 0 Å². The summed E-state index contributed by atoms with van der Waals surface area (Å²) in [7, 11) is 1.96. The molecular formula is C12H28FN. The lowest BCUT2D eigenvalue weighted by Crippen LogP contribution is -2.32. The fourth-order valence-electron chi connectivity index (χ4n) is 1.01. The molecule has 0 aliphatic carbocycles. The Labute approximate surface area is 89.7 Å². The molecule has 0 radical (unpaired) electrons. The van der Waals surface area contributed by atoms with Crippen molar-refractivity contribution in [1.29, 1.82) is 0 Å². The minimum atomic E-state index is -0.685. The molecule has 0 aromatic heterocycles. The van der Waals surface area contributed by atoms with Gasteiger partial charge >= 0.3 is 0 Å². The second kappa shape index (κ2) is 9.45. The topological polar surface area (TPSA) is 3.24 Å². The maximum atomic E-state index is 13.4. The summed E-state index contributed by atoms with van der Waals surface area (Å²) in [6.45, 7) is 13.7. The van der Waals surface area contributed by atoms with Crippen LogP contribution in [0, 0.1) is 11.8 Å². The number of hydrogen-bond acceptors (Lipinski definition) is 1. The van der Waals surface area contributed by atoms with E-state index in [2.05, 4.69) is 13.8 Å². The molecule has 0 spiro atoms. The van der Waals surface area contributed by atoms with Gasteiger partial charge in [-0.25, -0.2) is 4.39 Å². The van der Waals surface area contributed by atoms with Crippen molar-refractivity contribution < 1.29 is 4.39 Å². The van der Waals surface area contributed by atoms with Gasteiger partial charge in [-0.05, 0) is 25.4 Å². The molecule has 0 heterocycles. The number of hydrogen-bond donors (Lipinski definition) is 0. The van der Waals surface area contributed by atoms with E-state index in [-0.39, 0.29) is 5.92 Å². The highest BCUT2D eigenvalue weighted by atomic mass is 19.1. The van der Waals surface area contributed by atoms with Crippen molar-refractivity contribution in [3.8, 4) is 0 Å². The van der Waals surface area contributed by atoms with Gasteiger partial charge in [0.25, 0.3) is 0 Å². The highest BCUT2D eigenvalue weighted by Gasteiger charge is 2.20. The third-order valence-electron chi connectivity index (χ3n) is 2.65. The van der Waals surface area contributed by atoms with Crippen molar-refractivity contribution in [1.82, 2.24) is 4.90 Å². The minimum Gasteiger partial charge on any atom is -0.304 e. The smallest absolute Gasteiger partial charge is 0.115 e. The van der Waals surface area contributed by atoms with Crippen molar-refractivity contribution >= 4 is 0 Å². The molecule has 0 rings (SSSR count). The molecule has 14 heavy (non-hydrogen) atoms. The third-order valence-corrected chi connectivity index (χ3v) is 2.65. The first kappa shape index (κ1) is 16.3. The summed E-state index contributed by atoms with van der Waals surface area (Å²) in [5.41, 5.74) is 0. The zero-order valence-electron chi connectivity index (χ0n) is 11.0. The molecule has 2 unspecified atom stereocenters. The normalized spacial score (nSPS) is 15.0. The SMILES string of the molecule is CC.CCN(C)CC(F)C(C)C(C)C. The predicted octanol–water partition coefficient (Wildman–Crippen LogP) is 3.59. The Balaban J connectivity index is 0. The second-order valence-electron chi connectivity index (χ2n) is 3.97. The van der Waals surface area contributed by atoms with Gasteiger partial charge in [0.15, 0.2) is 0 Å². The summed E-state index contributed by atoms with van der Waals surface area (Å²) >= 11 is 0. The summed E-state index contributed by atoms with van der Waals surface area (Å²) in [6.07, 6.45) is -0.685. The molecular weight excluding hydrogens is 177 g/mol. The van der Waals surface area contributed by atoms with Gasteiger partial charge in [-0.15, -0.1) is 0 Å². The molecule has 0 saturated carbocycles. The van der Waals surface area contributed by atoms with Crippen molar-refractivity contribution in [3.63, 3.8) is 0 Å². The van der Waals surface area contributed by atoms with E-state index in [0.29, 0.717) is 12.5 Å². The molecule has 2 heteroatoms. The van der Waals surface area contributed by atoms with Crippen LogP contribution < -0.4 is 0 Å². The van der Waals surface area contributed by atoms with E-state index >= 15 is 0 Å². The number of nitrogens with zero attached hydrogens (tertiary/aromatic N) is 1. The van der Waals surface area contributed by atoms with Gasteiger partial charge < -0.3 is 4.90 Å². The molecule has 0 fully saturated rings. The zero-order valence-corrected chi connectivity index (χ0v) is 11.0. The highest BCUT2D eigenvalue weighted by molar-refractivity contribution is 4.70. The van der Waals surface area contributed by atoms with E-state index in [0.717, 1.165) is 6.54 Å². The van der Waals surface area contributed by atoms with Crippen molar-refractivity contribution in [3.05, 3.63) is 0 Å². The molecule has 0 N–H and O–H groups in total. The summed E-state index contributed by atoms with van der Waals surface area (Å²) < 4.78 is 13.4. The van der Waals surface area contributed by atoms with Gasteiger partial charge in [0, 0.05) is 6.54 Å². The van der Waals surface area contributed by atoms with Crippen molar-refractivity contribution in [2.75, 3.05) is 20.1 Å². The number of halogens is 1. The molecule has 0 aromatic carbocycles. The lowest BCUT2D eigenvalue weighted by molar-refractivity contribution is 0.145. The lowest BCUT2D eigenvalue weighted by Gasteiger charge is -2.24. The fourth-order valence-corrected chi connectivity index (χ4v) is 1.01. The Morgan fingerprint density at radius 1 is 1.14 bits per heavy atom. The summed E-state index contributed by atoms with van der Waals surface area (Å²) in [5.74, 6) is 0.601. The van der Waals surface area contributed by atoms with Crippen molar-refractivity contribution in [2.45, 2.75) is 47.7 Å². The average Bonchev–Trinajstić information content (AvgIpc) is 2.19. The lowest BCUT2D eigenvalue weighted by atomic mass is 9.93. The van der Waals surface area contributed by atoms with Crippen LogP contribution in [0.25, 0.3) is 0 Å². The van der Waals surface area contributed by atoms with Crippen LogP contribution in [0.5, 0.6) is 0 Å². The van der Waals surface area contributed by atoms with Gasteiger partial charge in [-0.3, -0.25) is 0 Å². The fraction of sp³-hybridized carbons (Fsp3) is 1.00. The molecule has 2 atom stereocenters. The first-order valence-corrected chi connectivity index (χ1v) is 5.81. The van der Waals surface area contributed by atoms with Crippen molar-refractivity contribution in [2.24, 2.45) is 11.8 Å². The molecule has 0 amide bonds. The Hall–Kier alpha value is -0.110. The molecule has 0 saturated heterocycles. The Morgan fingerprint density at radius 2 is 1.57 bits per heavy atom. The standard InChI is InChI=1S/C10H22FN.C2H6/c1-6-12(5)7-10(11)9(4)8(2)3;1-2/h8-10H,6-7H2,1-5H3;1-2H3. The molecule has 0 bridgehead atoms. The van der Waals surface area contributed by atoms with Crippen LogP contribution in [0.15, 0.2) is 0 Å². The van der Waals surface area contributed by atoms with Crippen LogP contribution >= 0.6 is 0 Å². The van der Waals surface area contributed by atoms with Gasteiger partial charge in [-0.1, -0.05) is 41.5 Å². The van der Waals surface area contributed by atoms with Gasteiger partial charge in [0.2, 0.25) is 0 Å². The largest absolute Gasteiger partial charge is 0.304 e. The van der Waals surface area contributed by atoms with E-state index in [1.165, 1.54) is 0 Å². The Morgan fingerprint density at radius 3 is 1.86 bits per heavy atom. The predicted molar refractivity (Wildman–Crippen MR) is 63.4 cm³/mol. The summed E-state index contributed by atoms with van der Waals surface area (Å²) in [6, 6.07) is 0. The van der Waals surface area contributed by atoms with E-state index < -0.39 is 6.17 Å². The Kier molecular flexibility index (Phi) is 11.0. The van der Waals surface area contributed by atoms with Crippen LogP contribution in [0.4, 0.5) is 4.39 Å². The maximum absolute atomic E-state index is 13.4. The summed E-state index contributed by atoms with van der Waals surface area (Å²) in [4.78, 5) is 2.02. The third kappa shape index (κ3) is 7.31. The minimum absolute atomic E-state index is 0.166. The van der Waals surface area contributed by atoms with Crippen LogP contribution in [0.1, 0.15) is 41.5 Å². The first-order valence-electron chi connectivity index (χ1n) is 5.81. The van der Waals surface area contributed by atoms with E-state index in [1.54, 1.807) is 0 Å². The Bertz CT molecular complexity index is 115. The molecule has 1 nitrogen and oxygen atoms in total. The average molecular weight is 205 g/mol. The van der Waals surface area contributed by atoms with E-state index in [9.17, 15) is 4.39 Å². The quantitative estimate of drug-likeness (QED) is 0.663.